The van der Waals surface area contributed by atoms with Crippen molar-refractivity contribution >= 4 is 0 Å². The quantitative estimate of drug-likeness (QED) is 0.850. The molecule has 2 nitrogen and oxygen atoms in total. The van der Waals surface area contributed by atoms with E-state index < -0.39 is 0 Å². The zero-order chi connectivity index (χ0) is 11.5. The topological polar surface area (TPSA) is 29.3 Å². The third-order valence-corrected chi connectivity index (χ3v) is 3.45. The fourth-order valence-electron chi connectivity index (χ4n) is 2.39. The van der Waals surface area contributed by atoms with Crippen LogP contribution in [0.2, 0.25) is 0 Å². The fraction of sp³-hybridized carbons (Fsp3) is 0.538. The lowest BCUT2D eigenvalue weighted by Gasteiger charge is -2.22. The smallest absolute Gasteiger partial charge is 0.123 e. The maximum absolute atomic E-state index is 13.2. The molecule has 0 radical (unpaired) electrons. The second-order valence-electron chi connectivity index (χ2n) is 4.58. The fourth-order valence-corrected chi connectivity index (χ4v) is 2.39. The molecule has 16 heavy (non-hydrogen) atoms. The van der Waals surface area contributed by atoms with E-state index in [1.54, 1.807) is 12.1 Å². The second kappa shape index (κ2) is 4.93. The maximum Gasteiger partial charge on any atom is 0.123 e. The van der Waals surface area contributed by atoms with E-state index >= 15 is 0 Å². The van der Waals surface area contributed by atoms with Crippen molar-refractivity contribution in [3.63, 3.8) is 0 Å². The molecule has 1 heterocycles. The maximum atomic E-state index is 13.2. The number of nitrogens with zero attached hydrogens (tertiary/aromatic N) is 1. The summed E-state index contributed by atoms with van der Waals surface area (Å²) in [5.41, 5.74) is 7.76. The Bertz CT molecular complexity index is 365. The molecule has 1 unspecified atom stereocenters. The molecule has 0 bridgehead atoms. The van der Waals surface area contributed by atoms with E-state index in [1.165, 1.54) is 18.9 Å². The van der Waals surface area contributed by atoms with E-state index in [4.69, 9.17) is 5.73 Å². The Morgan fingerprint density at radius 2 is 2.25 bits per heavy atom. The van der Waals surface area contributed by atoms with Gasteiger partial charge in [-0.25, -0.2) is 4.39 Å². The summed E-state index contributed by atoms with van der Waals surface area (Å²) in [6.45, 7) is 4.65. The molecular formula is C13H19FN2. The molecule has 1 saturated heterocycles. The van der Waals surface area contributed by atoms with Gasteiger partial charge in [0.05, 0.1) is 0 Å². The molecule has 1 aliphatic heterocycles. The molecule has 3 heteroatoms. The first-order valence-electron chi connectivity index (χ1n) is 5.92. The lowest BCUT2D eigenvalue weighted by molar-refractivity contribution is 0.259. The number of halogens is 1. The number of rotatable bonds is 3. The van der Waals surface area contributed by atoms with Crippen LogP contribution in [0.5, 0.6) is 0 Å². The van der Waals surface area contributed by atoms with Gasteiger partial charge >= 0.3 is 0 Å². The summed E-state index contributed by atoms with van der Waals surface area (Å²) in [6, 6.07) is 5.51. The molecular weight excluding hydrogens is 203 g/mol. The Hall–Kier alpha value is -0.930. The van der Waals surface area contributed by atoms with Gasteiger partial charge in [-0.15, -0.1) is 0 Å². The van der Waals surface area contributed by atoms with E-state index in [-0.39, 0.29) is 5.82 Å². The third-order valence-electron chi connectivity index (χ3n) is 3.45. The van der Waals surface area contributed by atoms with Crippen molar-refractivity contribution in [1.29, 1.82) is 0 Å². The molecule has 1 fully saturated rings. The Morgan fingerprint density at radius 1 is 1.44 bits per heavy atom. The van der Waals surface area contributed by atoms with Crippen molar-refractivity contribution in [3.05, 3.63) is 35.1 Å². The van der Waals surface area contributed by atoms with Gasteiger partial charge in [0, 0.05) is 19.1 Å². The molecule has 2 rings (SSSR count). The zero-order valence-electron chi connectivity index (χ0n) is 9.75. The highest BCUT2D eigenvalue weighted by atomic mass is 19.1. The molecule has 0 saturated carbocycles. The molecule has 0 aromatic heterocycles. The Labute approximate surface area is 96.2 Å². The van der Waals surface area contributed by atoms with Crippen molar-refractivity contribution in [3.8, 4) is 0 Å². The summed E-state index contributed by atoms with van der Waals surface area (Å²) in [4.78, 5) is 2.40. The van der Waals surface area contributed by atoms with Crippen molar-refractivity contribution in [1.82, 2.24) is 4.90 Å². The Balaban J connectivity index is 2.16. The van der Waals surface area contributed by atoms with E-state index in [1.807, 2.05) is 0 Å². The SMILES string of the molecule is CC1CCCN1Cc1cc(F)ccc1CN. The minimum absolute atomic E-state index is 0.168. The van der Waals surface area contributed by atoms with E-state index in [0.29, 0.717) is 12.6 Å². The van der Waals surface area contributed by atoms with Crippen LogP contribution in [0.3, 0.4) is 0 Å². The largest absolute Gasteiger partial charge is 0.326 e. The predicted molar refractivity (Wildman–Crippen MR) is 63.4 cm³/mol. The van der Waals surface area contributed by atoms with Crippen LogP contribution >= 0.6 is 0 Å². The highest BCUT2D eigenvalue weighted by molar-refractivity contribution is 5.27. The molecule has 1 aliphatic rings. The van der Waals surface area contributed by atoms with E-state index in [0.717, 1.165) is 24.2 Å². The number of hydrogen-bond acceptors (Lipinski definition) is 2. The van der Waals surface area contributed by atoms with Crippen molar-refractivity contribution < 1.29 is 4.39 Å². The molecule has 2 N–H and O–H groups in total. The van der Waals surface area contributed by atoms with Gasteiger partial charge in [-0.3, -0.25) is 4.90 Å². The Kier molecular flexibility index (Phi) is 3.56. The van der Waals surface area contributed by atoms with Gasteiger partial charge < -0.3 is 5.73 Å². The zero-order valence-corrected chi connectivity index (χ0v) is 9.75. The van der Waals surface area contributed by atoms with Gasteiger partial charge in [-0.1, -0.05) is 6.07 Å². The van der Waals surface area contributed by atoms with Gasteiger partial charge in [-0.2, -0.15) is 0 Å². The van der Waals surface area contributed by atoms with Gasteiger partial charge in [0.2, 0.25) is 0 Å². The van der Waals surface area contributed by atoms with Gasteiger partial charge in [-0.05, 0) is 49.6 Å². The molecule has 0 aliphatic carbocycles. The summed E-state index contributed by atoms with van der Waals surface area (Å²) in [5, 5.41) is 0. The molecule has 1 aromatic carbocycles. The lowest BCUT2D eigenvalue weighted by atomic mass is 10.1. The first-order valence-corrected chi connectivity index (χ1v) is 5.92. The van der Waals surface area contributed by atoms with Crippen LogP contribution in [0.15, 0.2) is 18.2 Å². The average Bonchev–Trinajstić information content (AvgIpc) is 2.65. The molecule has 1 aromatic rings. The summed E-state index contributed by atoms with van der Waals surface area (Å²) in [7, 11) is 0. The lowest BCUT2D eigenvalue weighted by Crippen LogP contribution is -2.27. The highest BCUT2D eigenvalue weighted by Gasteiger charge is 2.20. The van der Waals surface area contributed by atoms with Gasteiger partial charge in [0.1, 0.15) is 5.82 Å². The highest BCUT2D eigenvalue weighted by Crippen LogP contribution is 2.21. The molecule has 0 spiro atoms. The molecule has 1 atom stereocenters. The third kappa shape index (κ3) is 2.42. The van der Waals surface area contributed by atoms with Crippen LogP contribution in [0.4, 0.5) is 4.39 Å². The first-order chi connectivity index (χ1) is 7.70. The number of nitrogens with two attached hydrogens (primary N) is 1. The van der Waals surface area contributed by atoms with E-state index in [9.17, 15) is 4.39 Å². The summed E-state index contributed by atoms with van der Waals surface area (Å²) < 4.78 is 13.2. The monoisotopic (exact) mass is 222 g/mol. The van der Waals surface area contributed by atoms with Crippen LogP contribution in [-0.2, 0) is 13.1 Å². The van der Waals surface area contributed by atoms with Gasteiger partial charge in [0.25, 0.3) is 0 Å². The second-order valence-corrected chi connectivity index (χ2v) is 4.58. The standard InChI is InChI=1S/C13H19FN2/c1-10-3-2-6-16(10)9-12-7-13(14)5-4-11(12)8-15/h4-5,7,10H,2-3,6,8-9,15H2,1H3. The van der Waals surface area contributed by atoms with E-state index in [2.05, 4.69) is 11.8 Å². The predicted octanol–water partition coefficient (Wildman–Crippen LogP) is 2.27. The summed E-state index contributed by atoms with van der Waals surface area (Å²) in [5.74, 6) is -0.168. The summed E-state index contributed by atoms with van der Waals surface area (Å²) in [6.07, 6.45) is 2.49. The minimum atomic E-state index is -0.168. The molecule has 0 amide bonds. The van der Waals surface area contributed by atoms with Crippen LogP contribution in [-0.4, -0.2) is 17.5 Å². The average molecular weight is 222 g/mol. The number of hydrogen-bond donors (Lipinski definition) is 1. The van der Waals surface area contributed by atoms with Gasteiger partial charge in [0.15, 0.2) is 0 Å². The van der Waals surface area contributed by atoms with Crippen molar-refractivity contribution in [2.75, 3.05) is 6.54 Å². The molecule has 88 valence electrons. The number of benzene rings is 1. The Morgan fingerprint density at radius 3 is 2.88 bits per heavy atom. The minimum Gasteiger partial charge on any atom is -0.326 e. The van der Waals surface area contributed by atoms with Crippen molar-refractivity contribution in [2.24, 2.45) is 5.73 Å². The normalized spacial score (nSPS) is 21.6. The number of likely N-dealkylation sites (tertiary alicyclic amines) is 1. The van der Waals surface area contributed by atoms with Crippen LogP contribution in [0, 0.1) is 5.82 Å². The van der Waals surface area contributed by atoms with Crippen LogP contribution < -0.4 is 5.73 Å². The van der Waals surface area contributed by atoms with Crippen LogP contribution in [0.1, 0.15) is 30.9 Å². The summed E-state index contributed by atoms with van der Waals surface area (Å²) >= 11 is 0. The first kappa shape index (κ1) is 11.6. The van der Waals surface area contributed by atoms with Crippen molar-refractivity contribution in [2.45, 2.75) is 38.9 Å². The van der Waals surface area contributed by atoms with Crippen LogP contribution in [0.25, 0.3) is 0 Å².